The average Bonchev–Trinajstić information content (AvgIpc) is 2.67. The Morgan fingerprint density at radius 2 is 1.92 bits per heavy atom. The Balaban J connectivity index is 1.33. The zero-order valence-corrected chi connectivity index (χ0v) is 15.4. The number of nitrogens with zero attached hydrogens (tertiary/aromatic N) is 4. The van der Waals surface area contributed by atoms with Crippen LogP contribution in [0.1, 0.15) is 36.9 Å². The van der Waals surface area contributed by atoms with E-state index in [0.717, 1.165) is 57.9 Å². The molecule has 1 atom stereocenters. The quantitative estimate of drug-likeness (QED) is 0.912. The van der Waals surface area contributed by atoms with Crippen molar-refractivity contribution in [3.8, 4) is 0 Å². The van der Waals surface area contributed by atoms with Gasteiger partial charge in [-0.2, -0.15) is 0 Å². The van der Waals surface area contributed by atoms with Crippen molar-refractivity contribution in [2.75, 3.05) is 25.0 Å². The maximum absolute atomic E-state index is 6.27. The van der Waals surface area contributed by atoms with E-state index in [-0.39, 0.29) is 5.60 Å². The Labute approximate surface area is 155 Å². The monoisotopic (exact) mass is 353 g/mol. The summed E-state index contributed by atoms with van der Waals surface area (Å²) in [6, 6.07) is 6.37. The number of aryl methyl sites for hydroxylation is 1. The number of likely N-dealkylation sites (tertiary alicyclic amines) is 1. The predicted octanol–water partition coefficient (Wildman–Crippen LogP) is 2.81. The van der Waals surface area contributed by atoms with E-state index >= 15 is 0 Å². The molecule has 0 amide bonds. The van der Waals surface area contributed by atoms with Gasteiger partial charge in [0.1, 0.15) is 0 Å². The molecule has 138 valence electrons. The molecule has 6 nitrogen and oxygen atoms in total. The van der Waals surface area contributed by atoms with Gasteiger partial charge < -0.3 is 10.1 Å². The number of hydrogen-bond acceptors (Lipinski definition) is 6. The highest BCUT2D eigenvalue weighted by Gasteiger charge is 2.40. The molecule has 2 saturated heterocycles. The lowest BCUT2D eigenvalue weighted by molar-refractivity contribution is -0.115. The highest BCUT2D eigenvalue weighted by Crippen LogP contribution is 2.36. The van der Waals surface area contributed by atoms with Crippen molar-refractivity contribution in [3.05, 3.63) is 48.0 Å². The van der Waals surface area contributed by atoms with E-state index in [1.807, 2.05) is 18.3 Å². The summed E-state index contributed by atoms with van der Waals surface area (Å²) in [5.41, 5.74) is 2.46. The molecule has 0 bridgehead atoms. The summed E-state index contributed by atoms with van der Waals surface area (Å²) < 4.78 is 6.27. The molecule has 1 spiro atoms. The molecule has 0 aliphatic carbocycles. The van der Waals surface area contributed by atoms with Crippen LogP contribution in [0, 0.1) is 6.92 Å². The fraction of sp³-hybridized carbons (Fsp3) is 0.550. The van der Waals surface area contributed by atoms with Crippen LogP contribution in [0.25, 0.3) is 0 Å². The van der Waals surface area contributed by atoms with E-state index in [1.165, 1.54) is 11.3 Å². The molecule has 2 aromatic rings. The first-order valence-electron chi connectivity index (χ1n) is 9.53. The molecular formula is C20H27N5O. The van der Waals surface area contributed by atoms with Crippen LogP contribution in [-0.2, 0) is 11.3 Å². The first-order valence-corrected chi connectivity index (χ1v) is 9.53. The third kappa shape index (κ3) is 4.02. The molecule has 2 aromatic heterocycles. The largest absolute Gasteiger partial charge is 0.375 e. The molecule has 0 radical (unpaired) electrons. The van der Waals surface area contributed by atoms with Gasteiger partial charge in [-0.25, -0.2) is 9.97 Å². The molecule has 2 aliphatic heterocycles. The molecule has 0 unspecified atom stereocenters. The zero-order valence-electron chi connectivity index (χ0n) is 15.4. The highest BCUT2D eigenvalue weighted by atomic mass is 16.5. The first kappa shape index (κ1) is 17.4. The van der Waals surface area contributed by atoms with Crippen LogP contribution < -0.4 is 5.32 Å². The second-order valence-electron chi connectivity index (χ2n) is 7.48. The molecule has 1 N–H and O–H groups in total. The Hall–Kier alpha value is -2.05. The minimum Gasteiger partial charge on any atom is -0.375 e. The average molecular weight is 353 g/mol. The van der Waals surface area contributed by atoms with Crippen molar-refractivity contribution < 1.29 is 4.74 Å². The number of rotatable bonds is 4. The van der Waals surface area contributed by atoms with Crippen molar-refractivity contribution in [2.45, 2.75) is 50.8 Å². The van der Waals surface area contributed by atoms with Crippen LogP contribution in [0.3, 0.4) is 0 Å². The molecular weight excluding hydrogens is 326 g/mol. The summed E-state index contributed by atoms with van der Waals surface area (Å²) in [4.78, 5) is 15.6. The lowest BCUT2D eigenvalue weighted by atomic mass is 9.82. The summed E-state index contributed by atoms with van der Waals surface area (Å²) in [6.07, 6.45) is 9.64. The summed E-state index contributed by atoms with van der Waals surface area (Å²) in [5.74, 6) is 0.720. The minimum absolute atomic E-state index is 0.000355. The molecule has 26 heavy (non-hydrogen) atoms. The number of pyridine rings is 1. The van der Waals surface area contributed by atoms with Gasteiger partial charge in [-0.05, 0) is 50.3 Å². The lowest BCUT2D eigenvalue weighted by Crippen LogP contribution is -2.51. The SMILES string of the molecule is Cc1cccnc1CN1CCC2(CC1)C[C@H](Nc1ncccn1)CCO2. The zero-order chi connectivity index (χ0) is 17.8. The number of aromatic nitrogens is 3. The summed E-state index contributed by atoms with van der Waals surface area (Å²) in [7, 11) is 0. The molecule has 0 aromatic carbocycles. The van der Waals surface area contributed by atoms with Gasteiger partial charge in [-0.3, -0.25) is 9.88 Å². The Bertz CT molecular complexity index is 715. The van der Waals surface area contributed by atoms with Gasteiger partial charge in [-0.15, -0.1) is 0 Å². The van der Waals surface area contributed by atoms with E-state index in [9.17, 15) is 0 Å². The van der Waals surface area contributed by atoms with E-state index in [0.29, 0.717) is 6.04 Å². The van der Waals surface area contributed by atoms with Gasteiger partial charge in [0.2, 0.25) is 5.95 Å². The third-order valence-corrected chi connectivity index (χ3v) is 5.65. The summed E-state index contributed by atoms with van der Waals surface area (Å²) >= 11 is 0. The normalized spacial score (nSPS) is 23.0. The van der Waals surface area contributed by atoms with Crippen LogP contribution in [0.15, 0.2) is 36.8 Å². The van der Waals surface area contributed by atoms with Crippen molar-refractivity contribution in [2.24, 2.45) is 0 Å². The lowest BCUT2D eigenvalue weighted by Gasteiger charge is -2.46. The van der Waals surface area contributed by atoms with E-state index < -0.39 is 0 Å². The van der Waals surface area contributed by atoms with Crippen molar-refractivity contribution in [1.82, 2.24) is 19.9 Å². The van der Waals surface area contributed by atoms with Gasteiger partial charge in [0.25, 0.3) is 0 Å². The number of nitrogens with one attached hydrogen (secondary N) is 1. The fourth-order valence-corrected chi connectivity index (χ4v) is 4.07. The Kier molecular flexibility index (Phi) is 5.13. The van der Waals surface area contributed by atoms with Crippen LogP contribution in [0.5, 0.6) is 0 Å². The fourth-order valence-electron chi connectivity index (χ4n) is 4.07. The second-order valence-corrected chi connectivity index (χ2v) is 7.48. The van der Waals surface area contributed by atoms with Crippen LogP contribution >= 0.6 is 0 Å². The minimum atomic E-state index is 0.000355. The molecule has 4 rings (SSSR count). The maximum Gasteiger partial charge on any atom is 0.222 e. The maximum atomic E-state index is 6.27. The summed E-state index contributed by atoms with van der Waals surface area (Å²) in [6.45, 7) is 6.00. The highest BCUT2D eigenvalue weighted by molar-refractivity contribution is 5.25. The molecule has 0 saturated carbocycles. The number of piperidine rings is 1. The Morgan fingerprint density at radius 1 is 1.15 bits per heavy atom. The van der Waals surface area contributed by atoms with Gasteiger partial charge in [0.05, 0.1) is 11.3 Å². The topological polar surface area (TPSA) is 63.2 Å². The van der Waals surface area contributed by atoms with E-state index in [4.69, 9.17) is 4.74 Å². The van der Waals surface area contributed by atoms with Gasteiger partial charge in [0, 0.05) is 50.9 Å². The van der Waals surface area contributed by atoms with Crippen molar-refractivity contribution in [3.63, 3.8) is 0 Å². The standard InChI is InChI=1S/C20H27N5O/c1-16-4-2-8-21-18(16)15-25-11-6-20(7-12-25)14-17(5-13-26-20)24-19-22-9-3-10-23-19/h2-4,8-10,17H,5-7,11-15H2,1H3,(H,22,23,24)/t17-/m1/s1. The first-order chi connectivity index (χ1) is 12.7. The molecule has 2 fully saturated rings. The third-order valence-electron chi connectivity index (χ3n) is 5.65. The van der Waals surface area contributed by atoms with Crippen LogP contribution in [-0.4, -0.2) is 51.2 Å². The van der Waals surface area contributed by atoms with Gasteiger partial charge in [0.15, 0.2) is 0 Å². The second kappa shape index (κ2) is 7.68. The van der Waals surface area contributed by atoms with Crippen LogP contribution in [0.2, 0.25) is 0 Å². The number of anilines is 1. The molecule has 4 heterocycles. The number of ether oxygens (including phenoxy) is 1. The van der Waals surface area contributed by atoms with Gasteiger partial charge in [-0.1, -0.05) is 6.07 Å². The number of hydrogen-bond donors (Lipinski definition) is 1. The van der Waals surface area contributed by atoms with Crippen molar-refractivity contribution >= 4 is 5.95 Å². The molecule has 6 heteroatoms. The Morgan fingerprint density at radius 3 is 2.69 bits per heavy atom. The molecule has 2 aliphatic rings. The van der Waals surface area contributed by atoms with Crippen molar-refractivity contribution in [1.29, 1.82) is 0 Å². The predicted molar refractivity (Wildman–Crippen MR) is 101 cm³/mol. The van der Waals surface area contributed by atoms with E-state index in [1.54, 1.807) is 12.4 Å². The smallest absolute Gasteiger partial charge is 0.222 e. The van der Waals surface area contributed by atoms with E-state index in [2.05, 4.69) is 38.2 Å². The van der Waals surface area contributed by atoms with Crippen LogP contribution in [0.4, 0.5) is 5.95 Å². The van der Waals surface area contributed by atoms with Gasteiger partial charge >= 0.3 is 0 Å². The summed E-state index contributed by atoms with van der Waals surface area (Å²) in [5, 5.41) is 3.49.